The van der Waals surface area contributed by atoms with Gasteiger partial charge in [-0.25, -0.2) is 9.59 Å². The molecule has 1 aliphatic heterocycles. The van der Waals surface area contributed by atoms with Gasteiger partial charge < -0.3 is 9.84 Å². The van der Waals surface area contributed by atoms with E-state index < -0.39 is 11.9 Å². The molecule has 25 heavy (non-hydrogen) atoms. The maximum atomic E-state index is 11.5. The predicted octanol–water partition coefficient (Wildman–Crippen LogP) is 5.23. The number of carbonyl (C=O) groups is 2. The summed E-state index contributed by atoms with van der Waals surface area (Å²) in [6, 6.07) is 0. The molecular weight excluding hydrogens is 316 g/mol. The number of hydrogen-bond donors (Lipinski definition) is 1. The average Bonchev–Trinajstić information content (AvgIpc) is 2.80. The molecule has 0 spiro atoms. The summed E-state index contributed by atoms with van der Waals surface area (Å²) in [6.45, 7) is 3.54. The Morgan fingerprint density at radius 2 is 1.20 bits per heavy atom. The molecule has 0 amide bonds. The number of ether oxygens (including phenoxy) is 1. The molecule has 1 heterocycles. The highest BCUT2D eigenvalue weighted by atomic mass is 16.6. The summed E-state index contributed by atoms with van der Waals surface area (Å²) in [6.07, 6.45) is 16.3. The summed E-state index contributed by atoms with van der Waals surface area (Å²) in [5.41, 5.74) is 1.08. The largest absolute Gasteiger partial charge is 0.393 e. The lowest BCUT2D eigenvalue weighted by atomic mass is 10.0. The molecule has 144 valence electrons. The Morgan fingerprint density at radius 3 is 1.60 bits per heavy atom. The van der Waals surface area contributed by atoms with Gasteiger partial charge in [-0.15, -0.1) is 0 Å². The van der Waals surface area contributed by atoms with Gasteiger partial charge in [0, 0.05) is 11.1 Å². The van der Waals surface area contributed by atoms with Crippen molar-refractivity contribution in [3.63, 3.8) is 0 Å². The number of aliphatic hydroxyl groups excluding tert-OH is 1. The van der Waals surface area contributed by atoms with Gasteiger partial charge in [0.15, 0.2) is 0 Å². The minimum Gasteiger partial charge on any atom is -0.393 e. The molecule has 4 nitrogen and oxygen atoms in total. The van der Waals surface area contributed by atoms with Crippen molar-refractivity contribution < 1.29 is 19.4 Å². The molecular formula is C21H36O4. The summed E-state index contributed by atoms with van der Waals surface area (Å²) in [5.74, 6) is -0.906. The van der Waals surface area contributed by atoms with E-state index >= 15 is 0 Å². The summed E-state index contributed by atoms with van der Waals surface area (Å²) in [5, 5.41) is 9.18. The van der Waals surface area contributed by atoms with E-state index in [1.165, 1.54) is 57.8 Å². The second kappa shape index (κ2) is 13.1. The van der Waals surface area contributed by atoms with Crippen LogP contribution in [0.15, 0.2) is 11.1 Å². The first-order valence-corrected chi connectivity index (χ1v) is 10.2. The lowest BCUT2D eigenvalue weighted by molar-refractivity contribution is -0.151. The maximum Gasteiger partial charge on any atom is 0.342 e. The molecule has 1 atom stereocenters. The molecule has 1 N–H and O–H groups in total. The van der Waals surface area contributed by atoms with E-state index in [1.54, 1.807) is 6.92 Å². The maximum absolute atomic E-state index is 11.5. The van der Waals surface area contributed by atoms with Gasteiger partial charge in [0.05, 0.1) is 6.10 Å². The zero-order chi connectivity index (χ0) is 18.5. The minimum atomic E-state index is -0.469. The molecule has 1 rings (SSSR count). The minimum absolute atomic E-state index is 0.143. The quantitative estimate of drug-likeness (QED) is 0.249. The van der Waals surface area contributed by atoms with E-state index in [4.69, 9.17) is 0 Å². The van der Waals surface area contributed by atoms with E-state index in [-0.39, 0.29) is 6.10 Å². The molecule has 0 fully saturated rings. The molecule has 1 aliphatic rings. The third-order valence-corrected chi connectivity index (χ3v) is 4.99. The normalized spacial score (nSPS) is 15.8. The summed E-state index contributed by atoms with van der Waals surface area (Å²) >= 11 is 0. The van der Waals surface area contributed by atoms with E-state index in [0.29, 0.717) is 17.6 Å². The number of carbonyl (C=O) groups excluding carboxylic acids is 2. The van der Waals surface area contributed by atoms with Crippen LogP contribution < -0.4 is 0 Å². The van der Waals surface area contributed by atoms with Crippen LogP contribution in [0.1, 0.15) is 104 Å². The molecule has 0 saturated heterocycles. The fourth-order valence-electron chi connectivity index (χ4n) is 3.30. The Morgan fingerprint density at radius 1 is 0.760 bits per heavy atom. The predicted molar refractivity (Wildman–Crippen MR) is 100 cm³/mol. The molecule has 0 aromatic carbocycles. The zero-order valence-corrected chi connectivity index (χ0v) is 16.1. The smallest absolute Gasteiger partial charge is 0.342 e. The van der Waals surface area contributed by atoms with Gasteiger partial charge in [0.25, 0.3) is 0 Å². The average molecular weight is 353 g/mol. The van der Waals surface area contributed by atoms with Crippen molar-refractivity contribution in [3.05, 3.63) is 11.1 Å². The molecule has 4 heteroatoms. The molecule has 0 bridgehead atoms. The first kappa shape index (κ1) is 21.9. The first-order chi connectivity index (χ1) is 12.0. The second-order valence-corrected chi connectivity index (χ2v) is 7.41. The van der Waals surface area contributed by atoms with Crippen LogP contribution in [0.3, 0.4) is 0 Å². The highest BCUT2D eigenvalue weighted by molar-refractivity contribution is 6.11. The van der Waals surface area contributed by atoms with Crippen LogP contribution in [0.5, 0.6) is 0 Å². The monoisotopic (exact) mass is 352 g/mol. The number of aliphatic hydroxyl groups is 1. The van der Waals surface area contributed by atoms with Crippen LogP contribution >= 0.6 is 0 Å². The van der Waals surface area contributed by atoms with Crippen molar-refractivity contribution in [1.82, 2.24) is 0 Å². The fraction of sp³-hybridized carbons (Fsp3) is 0.810. The number of hydrogen-bond acceptors (Lipinski definition) is 4. The van der Waals surface area contributed by atoms with Gasteiger partial charge in [-0.1, -0.05) is 70.6 Å². The lowest BCUT2D eigenvalue weighted by Crippen LogP contribution is -2.02. The summed E-state index contributed by atoms with van der Waals surface area (Å²) in [7, 11) is 0. The SMILES string of the molecule is CC1=C(CCCCCCCCCCCCCCC(C)O)C(=O)OC1=O. The molecule has 0 aromatic heterocycles. The van der Waals surface area contributed by atoms with Crippen LogP contribution in [0.4, 0.5) is 0 Å². The molecule has 0 radical (unpaired) electrons. The van der Waals surface area contributed by atoms with Gasteiger partial charge in [-0.2, -0.15) is 0 Å². The highest BCUT2D eigenvalue weighted by Gasteiger charge is 2.28. The summed E-state index contributed by atoms with van der Waals surface area (Å²) in [4.78, 5) is 22.7. The zero-order valence-electron chi connectivity index (χ0n) is 16.1. The number of rotatable bonds is 15. The van der Waals surface area contributed by atoms with Gasteiger partial charge in [0.2, 0.25) is 0 Å². The van der Waals surface area contributed by atoms with Crippen molar-refractivity contribution in [2.24, 2.45) is 0 Å². The Kier molecular flexibility index (Phi) is 11.5. The number of cyclic esters (lactones) is 2. The topological polar surface area (TPSA) is 63.6 Å². The standard InChI is InChI=1S/C21H36O4/c1-17(22)15-13-11-9-7-5-3-4-6-8-10-12-14-16-19-18(2)20(23)25-21(19)24/h17,22H,3-16H2,1-2H3. The van der Waals surface area contributed by atoms with Crippen molar-refractivity contribution in [2.75, 3.05) is 0 Å². The van der Waals surface area contributed by atoms with Crippen LogP contribution in [-0.2, 0) is 14.3 Å². The third-order valence-electron chi connectivity index (χ3n) is 4.99. The number of esters is 2. The van der Waals surface area contributed by atoms with E-state index in [9.17, 15) is 14.7 Å². The van der Waals surface area contributed by atoms with E-state index in [2.05, 4.69) is 4.74 Å². The van der Waals surface area contributed by atoms with Crippen molar-refractivity contribution >= 4 is 11.9 Å². The van der Waals surface area contributed by atoms with E-state index in [1.807, 2.05) is 6.92 Å². The summed E-state index contributed by atoms with van der Waals surface area (Å²) < 4.78 is 4.60. The third kappa shape index (κ3) is 9.78. The first-order valence-electron chi connectivity index (χ1n) is 10.2. The molecule has 1 unspecified atom stereocenters. The second-order valence-electron chi connectivity index (χ2n) is 7.41. The van der Waals surface area contributed by atoms with Crippen molar-refractivity contribution in [2.45, 2.75) is 110 Å². The Balaban J connectivity index is 1.84. The Bertz CT molecular complexity index is 437. The molecule has 0 saturated carbocycles. The van der Waals surface area contributed by atoms with Crippen LogP contribution in [0.2, 0.25) is 0 Å². The van der Waals surface area contributed by atoms with Crippen LogP contribution in [0.25, 0.3) is 0 Å². The van der Waals surface area contributed by atoms with Gasteiger partial charge in [0.1, 0.15) is 0 Å². The van der Waals surface area contributed by atoms with E-state index in [0.717, 1.165) is 25.7 Å². The Labute approximate surface area is 153 Å². The fourth-order valence-corrected chi connectivity index (χ4v) is 3.30. The van der Waals surface area contributed by atoms with Crippen LogP contribution in [0, 0.1) is 0 Å². The number of unbranched alkanes of at least 4 members (excludes halogenated alkanes) is 11. The van der Waals surface area contributed by atoms with Crippen molar-refractivity contribution in [1.29, 1.82) is 0 Å². The molecule has 0 aliphatic carbocycles. The van der Waals surface area contributed by atoms with Gasteiger partial charge >= 0.3 is 11.9 Å². The van der Waals surface area contributed by atoms with Crippen molar-refractivity contribution in [3.8, 4) is 0 Å². The Hall–Kier alpha value is -1.16. The van der Waals surface area contributed by atoms with Crippen LogP contribution in [-0.4, -0.2) is 23.1 Å². The van der Waals surface area contributed by atoms with Gasteiger partial charge in [-0.3, -0.25) is 0 Å². The highest BCUT2D eigenvalue weighted by Crippen LogP contribution is 2.22. The lowest BCUT2D eigenvalue weighted by Gasteiger charge is -2.04. The van der Waals surface area contributed by atoms with Gasteiger partial charge in [-0.05, 0) is 33.1 Å². The molecule has 0 aromatic rings.